The maximum absolute atomic E-state index is 3.74. The third kappa shape index (κ3) is 4.98. The molecule has 0 saturated heterocycles. The normalized spacial score (nSPS) is 37.9. The van der Waals surface area contributed by atoms with Crippen molar-refractivity contribution in [1.82, 2.24) is 5.32 Å². The van der Waals surface area contributed by atoms with Crippen LogP contribution in [0.2, 0.25) is 0 Å². The highest BCUT2D eigenvalue weighted by Crippen LogP contribution is 2.45. The molecule has 2 saturated carbocycles. The van der Waals surface area contributed by atoms with E-state index in [0.29, 0.717) is 6.04 Å². The maximum atomic E-state index is 3.74. The van der Waals surface area contributed by atoms with Crippen LogP contribution in [0.1, 0.15) is 85.5 Å². The highest BCUT2D eigenvalue weighted by molar-refractivity contribution is 4.88. The van der Waals surface area contributed by atoms with Crippen LogP contribution in [0, 0.1) is 29.6 Å². The molecule has 1 nitrogen and oxygen atoms in total. The van der Waals surface area contributed by atoms with Gasteiger partial charge in [0.05, 0.1) is 0 Å². The fraction of sp³-hybridized carbons (Fsp3) is 1.00. The molecule has 0 aliphatic heterocycles. The van der Waals surface area contributed by atoms with E-state index in [9.17, 15) is 0 Å². The van der Waals surface area contributed by atoms with Gasteiger partial charge in [0.2, 0.25) is 0 Å². The molecule has 124 valence electrons. The van der Waals surface area contributed by atoms with Crippen molar-refractivity contribution in [2.24, 2.45) is 29.6 Å². The number of hydrogen-bond acceptors (Lipinski definition) is 1. The molecule has 0 aromatic rings. The zero-order valence-corrected chi connectivity index (χ0v) is 15.0. The summed E-state index contributed by atoms with van der Waals surface area (Å²) in [7, 11) is 0. The first-order chi connectivity index (χ1) is 10.1. The standard InChI is InChI=1S/C20H39N/c1-5-16-7-10-18(11-8-16)20-13-17(6-2)9-12-19(20)14-21-15(3)4/h15-21H,5-14H2,1-4H3. The Balaban J connectivity index is 1.93. The second kappa shape index (κ2) is 8.56. The summed E-state index contributed by atoms with van der Waals surface area (Å²) >= 11 is 0. The Kier molecular flexibility index (Phi) is 7.05. The minimum absolute atomic E-state index is 0.644. The molecule has 1 N–H and O–H groups in total. The van der Waals surface area contributed by atoms with Crippen molar-refractivity contribution < 1.29 is 0 Å². The fourth-order valence-electron chi connectivity index (χ4n) is 4.97. The lowest BCUT2D eigenvalue weighted by molar-refractivity contribution is 0.0811. The van der Waals surface area contributed by atoms with Crippen LogP contribution in [0.5, 0.6) is 0 Å². The average molecular weight is 294 g/mol. The van der Waals surface area contributed by atoms with Gasteiger partial charge < -0.3 is 5.32 Å². The van der Waals surface area contributed by atoms with E-state index in [0.717, 1.165) is 29.6 Å². The summed E-state index contributed by atoms with van der Waals surface area (Å²) in [4.78, 5) is 0. The van der Waals surface area contributed by atoms with Crippen molar-refractivity contribution in [3.63, 3.8) is 0 Å². The van der Waals surface area contributed by atoms with Crippen molar-refractivity contribution in [1.29, 1.82) is 0 Å². The molecule has 0 bridgehead atoms. The zero-order valence-electron chi connectivity index (χ0n) is 15.0. The second-order valence-electron chi connectivity index (χ2n) is 8.26. The molecule has 0 heterocycles. The lowest BCUT2D eigenvalue weighted by Gasteiger charge is -2.43. The SMILES string of the molecule is CCC1CCC(C2CC(CC)CCC2CNC(C)C)CC1. The Hall–Kier alpha value is -0.0400. The van der Waals surface area contributed by atoms with E-state index in [-0.39, 0.29) is 0 Å². The van der Waals surface area contributed by atoms with Crippen LogP contribution < -0.4 is 5.32 Å². The first-order valence-electron chi connectivity index (χ1n) is 9.87. The molecule has 0 radical (unpaired) electrons. The van der Waals surface area contributed by atoms with Crippen LogP contribution in [0.15, 0.2) is 0 Å². The molecule has 2 fully saturated rings. The Bertz CT molecular complexity index is 278. The van der Waals surface area contributed by atoms with Crippen molar-refractivity contribution in [3.05, 3.63) is 0 Å². The predicted molar refractivity (Wildman–Crippen MR) is 93.5 cm³/mol. The molecule has 2 aliphatic rings. The zero-order chi connectivity index (χ0) is 15.2. The Morgan fingerprint density at radius 2 is 1.48 bits per heavy atom. The highest BCUT2D eigenvalue weighted by Gasteiger charge is 2.36. The van der Waals surface area contributed by atoms with Crippen LogP contribution in [0.25, 0.3) is 0 Å². The molecule has 21 heavy (non-hydrogen) atoms. The van der Waals surface area contributed by atoms with Gasteiger partial charge >= 0.3 is 0 Å². The van der Waals surface area contributed by atoms with E-state index in [1.165, 1.54) is 64.3 Å². The Labute approximate surface area is 133 Å². The van der Waals surface area contributed by atoms with Crippen LogP contribution in [0.3, 0.4) is 0 Å². The van der Waals surface area contributed by atoms with Gasteiger partial charge in [-0.3, -0.25) is 0 Å². The molecule has 0 amide bonds. The number of hydrogen-bond donors (Lipinski definition) is 1. The molecule has 0 aromatic carbocycles. The van der Waals surface area contributed by atoms with Gasteiger partial charge in [-0.1, -0.05) is 59.8 Å². The second-order valence-corrected chi connectivity index (χ2v) is 8.26. The van der Waals surface area contributed by atoms with E-state index < -0.39 is 0 Å². The quantitative estimate of drug-likeness (QED) is 0.668. The van der Waals surface area contributed by atoms with Gasteiger partial charge in [-0.25, -0.2) is 0 Å². The number of rotatable bonds is 6. The smallest absolute Gasteiger partial charge is 0.00104 e. The summed E-state index contributed by atoms with van der Waals surface area (Å²) in [5.41, 5.74) is 0. The molecule has 0 spiro atoms. The summed E-state index contributed by atoms with van der Waals surface area (Å²) in [6.07, 6.45) is 13.4. The molecular formula is C20H39N. The van der Waals surface area contributed by atoms with Gasteiger partial charge in [-0.15, -0.1) is 0 Å². The van der Waals surface area contributed by atoms with Crippen molar-refractivity contribution >= 4 is 0 Å². The van der Waals surface area contributed by atoms with Gasteiger partial charge in [-0.05, 0) is 61.8 Å². The van der Waals surface area contributed by atoms with E-state index in [2.05, 4.69) is 33.0 Å². The van der Waals surface area contributed by atoms with Crippen molar-refractivity contribution in [2.45, 2.75) is 91.5 Å². The molecule has 1 heteroatoms. The van der Waals surface area contributed by atoms with Crippen molar-refractivity contribution in [2.75, 3.05) is 6.54 Å². The number of nitrogens with one attached hydrogen (secondary N) is 1. The molecule has 2 aliphatic carbocycles. The predicted octanol–water partition coefficient (Wildman–Crippen LogP) is 5.64. The molecule has 3 atom stereocenters. The minimum Gasteiger partial charge on any atom is -0.314 e. The van der Waals surface area contributed by atoms with Gasteiger partial charge in [0.25, 0.3) is 0 Å². The van der Waals surface area contributed by atoms with Crippen LogP contribution in [-0.2, 0) is 0 Å². The minimum atomic E-state index is 0.644. The van der Waals surface area contributed by atoms with E-state index in [1.54, 1.807) is 0 Å². The Morgan fingerprint density at radius 1 is 0.857 bits per heavy atom. The summed E-state index contributed by atoms with van der Waals surface area (Å²) in [6, 6.07) is 0.644. The van der Waals surface area contributed by atoms with E-state index in [1.807, 2.05) is 0 Å². The molecule has 2 rings (SSSR count). The third-order valence-electron chi connectivity index (χ3n) is 6.60. The topological polar surface area (TPSA) is 12.0 Å². The lowest BCUT2D eigenvalue weighted by Crippen LogP contribution is -2.39. The van der Waals surface area contributed by atoms with Gasteiger partial charge in [0, 0.05) is 6.04 Å². The average Bonchev–Trinajstić information content (AvgIpc) is 2.52. The Morgan fingerprint density at radius 3 is 2.05 bits per heavy atom. The third-order valence-corrected chi connectivity index (χ3v) is 6.60. The van der Waals surface area contributed by atoms with Crippen LogP contribution >= 0.6 is 0 Å². The van der Waals surface area contributed by atoms with Gasteiger partial charge in [-0.2, -0.15) is 0 Å². The summed E-state index contributed by atoms with van der Waals surface area (Å²) < 4.78 is 0. The van der Waals surface area contributed by atoms with E-state index >= 15 is 0 Å². The lowest BCUT2D eigenvalue weighted by atomic mass is 9.63. The monoisotopic (exact) mass is 293 g/mol. The molecular weight excluding hydrogens is 254 g/mol. The first-order valence-corrected chi connectivity index (χ1v) is 9.87. The largest absolute Gasteiger partial charge is 0.314 e. The van der Waals surface area contributed by atoms with Crippen molar-refractivity contribution in [3.8, 4) is 0 Å². The van der Waals surface area contributed by atoms with Gasteiger partial charge in [0.1, 0.15) is 0 Å². The summed E-state index contributed by atoms with van der Waals surface area (Å²) in [5, 5.41) is 3.74. The molecule has 0 aromatic heterocycles. The maximum Gasteiger partial charge on any atom is 0.00104 e. The van der Waals surface area contributed by atoms with Crippen LogP contribution in [-0.4, -0.2) is 12.6 Å². The summed E-state index contributed by atoms with van der Waals surface area (Å²) in [5.74, 6) is 5.08. The fourth-order valence-corrected chi connectivity index (χ4v) is 4.97. The van der Waals surface area contributed by atoms with Gasteiger partial charge in [0.15, 0.2) is 0 Å². The first kappa shape index (κ1) is 17.3. The highest BCUT2D eigenvalue weighted by atomic mass is 14.9. The molecule has 3 unspecified atom stereocenters. The van der Waals surface area contributed by atoms with Crippen LogP contribution in [0.4, 0.5) is 0 Å². The van der Waals surface area contributed by atoms with E-state index in [4.69, 9.17) is 0 Å². The summed E-state index contributed by atoms with van der Waals surface area (Å²) in [6.45, 7) is 10.6.